The van der Waals surface area contributed by atoms with E-state index in [-0.39, 0.29) is 5.91 Å². The van der Waals surface area contributed by atoms with Gasteiger partial charge in [-0.2, -0.15) is 4.98 Å². The number of aromatic nitrogens is 4. The van der Waals surface area contributed by atoms with E-state index in [1.807, 2.05) is 29.1 Å². The van der Waals surface area contributed by atoms with Gasteiger partial charge in [-0.15, -0.1) is 0 Å². The molecule has 11 heteroatoms. The largest absolute Gasteiger partial charge is 0.494 e. The first-order valence-electron chi connectivity index (χ1n) is 13.1. The van der Waals surface area contributed by atoms with Gasteiger partial charge in [0, 0.05) is 61.6 Å². The van der Waals surface area contributed by atoms with E-state index in [2.05, 4.69) is 49.8 Å². The minimum absolute atomic E-state index is 0.195. The number of hydrogen-bond acceptors (Lipinski definition) is 9. The molecule has 11 nitrogen and oxygen atoms in total. The Balaban J connectivity index is 1.24. The molecule has 1 amide bonds. The van der Waals surface area contributed by atoms with Crippen molar-refractivity contribution >= 4 is 28.9 Å². The summed E-state index contributed by atoms with van der Waals surface area (Å²) >= 11 is 0. The van der Waals surface area contributed by atoms with Gasteiger partial charge in [-0.1, -0.05) is 5.16 Å². The average Bonchev–Trinajstić information content (AvgIpc) is 3.53. The average molecular weight is 529 g/mol. The molecule has 5 heterocycles. The molecule has 0 aliphatic carbocycles. The normalized spacial score (nSPS) is 15.0. The topological polar surface area (TPSA) is 114 Å². The summed E-state index contributed by atoms with van der Waals surface area (Å²) in [5, 5.41) is 10.2. The van der Waals surface area contributed by atoms with Crippen LogP contribution in [0.4, 0.5) is 23.0 Å². The van der Waals surface area contributed by atoms with Crippen molar-refractivity contribution < 1.29 is 14.1 Å². The summed E-state index contributed by atoms with van der Waals surface area (Å²) < 4.78 is 12.9. The second-order valence-electron chi connectivity index (χ2n) is 10.0. The van der Waals surface area contributed by atoms with E-state index in [0.717, 1.165) is 66.8 Å². The summed E-state index contributed by atoms with van der Waals surface area (Å²) in [5.74, 6) is 2.34. The van der Waals surface area contributed by atoms with Crippen LogP contribution in [-0.4, -0.2) is 70.8 Å². The van der Waals surface area contributed by atoms with Gasteiger partial charge >= 0.3 is 0 Å². The van der Waals surface area contributed by atoms with E-state index in [4.69, 9.17) is 14.2 Å². The van der Waals surface area contributed by atoms with Crippen molar-refractivity contribution in [2.75, 3.05) is 55.9 Å². The van der Waals surface area contributed by atoms with Gasteiger partial charge in [-0.05, 0) is 51.9 Å². The summed E-state index contributed by atoms with van der Waals surface area (Å²) in [5.41, 5.74) is 5.72. The Morgan fingerprint density at radius 2 is 1.92 bits per heavy atom. The fraction of sp³-hybridized carbons (Fsp3) is 0.357. The number of nitrogens with one attached hydrogen (secondary N) is 2. The first-order chi connectivity index (χ1) is 18.9. The highest BCUT2D eigenvalue weighted by Gasteiger charge is 2.25. The molecular formula is C28H32N8O3. The zero-order valence-electron chi connectivity index (χ0n) is 22.6. The third-order valence-corrected chi connectivity index (χ3v) is 7.51. The predicted molar refractivity (Wildman–Crippen MR) is 149 cm³/mol. The fourth-order valence-electron chi connectivity index (χ4n) is 5.23. The highest BCUT2D eigenvalue weighted by molar-refractivity contribution is 6.05. The van der Waals surface area contributed by atoms with Crippen LogP contribution in [0.2, 0.25) is 0 Å². The van der Waals surface area contributed by atoms with Gasteiger partial charge in [0.15, 0.2) is 5.76 Å². The molecule has 1 saturated heterocycles. The molecule has 0 spiro atoms. The molecule has 2 N–H and O–H groups in total. The number of carbonyl (C=O) groups is 1. The lowest BCUT2D eigenvalue weighted by atomic mass is 10.0. The van der Waals surface area contributed by atoms with Crippen LogP contribution in [0.3, 0.4) is 0 Å². The van der Waals surface area contributed by atoms with Crippen LogP contribution in [0.15, 0.2) is 41.2 Å². The maximum Gasteiger partial charge on any atom is 0.257 e. The van der Waals surface area contributed by atoms with Gasteiger partial charge in [-0.25, -0.2) is 4.98 Å². The van der Waals surface area contributed by atoms with Crippen molar-refractivity contribution in [1.82, 2.24) is 24.6 Å². The molecule has 0 bridgehead atoms. The molecule has 3 aromatic heterocycles. The number of hydrogen-bond donors (Lipinski definition) is 2. The summed E-state index contributed by atoms with van der Waals surface area (Å²) in [6.45, 7) is 7.63. The highest BCUT2D eigenvalue weighted by Crippen LogP contribution is 2.33. The maximum absolute atomic E-state index is 13.1. The molecule has 0 radical (unpaired) electrons. The van der Waals surface area contributed by atoms with Gasteiger partial charge in [0.25, 0.3) is 5.91 Å². The van der Waals surface area contributed by atoms with E-state index < -0.39 is 0 Å². The molecule has 0 saturated carbocycles. The SMILES string of the molecule is COc1cc(N2CCN(C)CC2)ccc1Nc1ncc2c(n1)-n1ccc(C(=O)Nc3c(C)noc3C)c1CC2. The summed E-state index contributed by atoms with van der Waals surface area (Å²) in [4.78, 5) is 27.2. The van der Waals surface area contributed by atoms with E-state index in [1.54, 1.807) is 21.0 Å². The lowest BCUT2D eigenvalue weighted by Gasteiger charge is -2.34. The highest BCUT2D eigenvalue weighted by atomic mass is 16.5. The lowest BCUT2D eigenvalue weighted by Crippen LogP contribution is -2.44. The number of amides is 1. The minimum Gasteiger partial charge on any atom is -0.494 e. The Labute approximate surface area is 226 Å². The third-order valence-electron chi connectivity index (χ3n) is 7.51. The van der Waals surface area contributed by atoms with Crippen LogP contribution in [0.1, 0.15) is 33.1 Å². The number of ether oxygens (including phenoxy) is 1. The van der Waals surface area contributed by atoms with Gasteiger partial charge < -0.3 is 34.3 Å². The molecule has 1 fully saturated rings. The lowest BCUT2D eigenvalue weighted by molar-refractivity contribution is 0.102. The van der Waals surface area contributed by atoms with E-state index in [1.165, 1.54) is 0 Å². The molecule has 2 aliphatic rings. The minimum atomic E-state index is -0.195. The second kappa shape index (κ2) is 10.1. The van der Waals surface area contributed by atoms with Crippen LogP contribution in [-0.2, 0) is 12.8 Å². The first kappa shape index (κ1) is 24.9. The smallest absolute Gasteiger partial charge is 0.257 e. The number of aryl methyl sites for hydroxylation is 3. The van der Waals surface area contributed by atoms with Crippen molar-refractivity contribution in [2.24, 2.45) is 0 Å². The Morgan fingerprint density at radius 3 is 2.67 bits per heavy atom. The number of rotatable bonds is 6. The van der Waals surface area contributed by atoms with Crippen molar-refractivity contribution in [1.29, 1.82) is 0 Å². The van der Waals surface area contributed by atoms with Crippen LogP contribution < -0.4 is 20.3 Å². The molecule has 0 unspecified atom stereocenters. The van der Waals surface area contributed by atoms with Gasteiger partial charge in [-0.3, -0.25) is 4.79 Å². The fourth-order valence-corrected chi connectivity index (χ4v) is 5.23. The van der Waals surface area contributed by atoms with Crippen LogP contribution >= 0.6 is 0 Å². The number of carbonyl (C=O) groups excluding carboxylic acids is 1. The Morgan fingerprint density at radius 1 is 1.10 bits per heavy atom. The van der Waals surface area contributed by atoms with Crippen molar-refractivity contribution in [3.05, 3.63) is 64.9 Å². The number of nitrogens with zero attached hydrogens (tertiary/aromatic N) is 6. The summed E-state index contributed by atoms with van der Waals surface area (Å²) in [7, 11) is 3.82. The Kier molecular flexibility index (Phi) is 6.43. The third kappa shape index (κ3) is 4.69. The number of methoxy groups -OCH3 is 1. The first-order valence-corrected chi connectivity index (χ1v) is 13.1. The van der Waals surface area contributed by atoms with Crippen LogP contribution in [0.25, 0.3) is 5.82 Å². The van der Waals surface area contributed by atoms with Gasteiger partial charge in [0.2, 0.25) is 5.95 Å². The summed E-state index contributed by atoms with van der Waals surface area (Å²) in [6.07, 6.45) is 5.19. The molecule has 4 aromatic rings. The number of benzene rings is 1. The molecule has 1 aromatic carbocycles. The zero-order chi connectivity index (χ0) is 27.1. The van der Waals surface area contributed by atoms with Crippen LogP contribution in [0.5, 0.6) is 5.75 Å². The van der Waals surface area contributed by atoms with E-state index >= 15 is 0 Å². The van der Waals surface area contributed by atoms with Crippen molar-refractivity contribution in [3.8, 4) is 11.6 Å². The number of likely N-dealkylation sites (N-methyl/N-ethyl adjacent to an activating group) is 1. The molecule has 6 rings (SSSR count). The second-order valence-corrected chi connectivity index (χ2v) is 10.0. The summed E-state index contributed by atoms with van der Waals surface area (Å²) in [6, 6.07) is 7.99. The van der Waals surface area contributed by atoms with E-state index in [9.17, 15) is 4.79 Å². The number of fused-ring (bicyclic) bond motifs is 3. The standard InChI is InChI=1S/C28H32N8O3/c1-17-25(18(2)39-33-17)31-27(37)21-9-10-36-23(21)8-5-19-16-29-28(32-26(19)36)30-22-7-6-20(15-24(22)38-4)35-13-11-34(3)12-14-35/h6-7,9-10,15-16H,5,8,11-14H2,1-4H3,(H,31,37)(H,29,30,32). The molecule has 39 heavy (non-hydrogen) atoms. The van der Waals surface area contributed by atoms with Gasteiger partial charge in [0.1, 0.15) is 22.9 Å². The monoisotopic (exact) mass is 528 g/mol. The quantitative estimate of drug-likeness (QED) is 0.386. The molecular weight excluding hydrogens is 496 g/mol. The van der Waals surface area contributed by atoms with E-state index in [0.29, 0.717) is 35.1 Å². The molecule has 0 atom stereocenters. The maximum atomic E-state index is 13.1. The van der Waals surface area contributed by atoms with Gasteiger partial charge in [0.05, 0.1) is 18.4 Å². The van der Waals surface area contributed by atoms with Crippen molar-refractivity contribution in [2.45, 2.75) is 26.7 Å². The predicted octanol–water partition coefficient (Wildman–Crippen LogP) is 3.73. The zero-order valence-corrected chi connectivity index (χ0v) is 22.6. The Bertz CT molecular complexity index is 1510. The Hall–Kier alpha value is -4.38. The number of anilines is 4. The van der Waals surface area contributed by atoms with Crippen LogP contribution in [0, 0.1) is 13.8 Å². The molecule has 2 aliphatic heterocycles. The molecule has 202 valence electrons. The number of piperazine rings is 1. The van der Waals surface area contributed by atoms with Crippen molar-refractivity contribution in [3.63, 3.8) is 0 Å².